The minimum Gasteiger partial charge on any atom is -0.369 e. The Morgan fingerprint density at radius 3 is 2.88 bits per heavy atom. The van der Waals surface area contributed by atoms with Crippen molar-refractivity contribution in [2.75, 3.05) is 19.6 Å². The lowest BCUT2D eigenvalue weighted by Crippen LogP contribution is -2.22. The zero-order valence-electron chi connectivity index (χ0n) is 9.69. The van der Waals surface area contributed by atoms with Crippen molar-refractivity contribution in [3.8, 4) is 0 Å². The Hall–Kier alpha value is -0.860. The molecule has 16 heavy (non-hydrogen) atoms. The van der Waals surface area contributed by atoms with Gasteiger partial charge in [0, 0.05) is 6.54 Å². The van der Waals surface area contributed by atoms with Crippen molar-refractivity contribution in [3.05, 3.63) is 35.4 Å². The van der Waals surface area contributed by atoms with Gasteiger partial charge >= 0.3 is 0 Å². The van der Waals surface area contributed by atoms with Crippen LogP contribution in [-0.4, -0.2) is 24.5 Å². The van der Waals surface area contributed by atoms with E-state index in [2.05, 4.69) is 29.2 Å². The largest absolute Gasteiger partial charge is 0.369 e. The van der Waals surface area contributed by atoms with Crippen molar-refractivity contribution >= 4 is 0 Å². The molecule has 1 aromatic rings. The molecule has 2 aliphatic heterocycles. The summed E-state index contributed by atoms with van der Waals surface area (Å²) in [6.45, 7) is 4.57. The highest BCUT2D eigenvalue weighted by Gasteiger charge is 2.23. The first kappa shape index (κ1) is 10.3. The van der Waals surface area contributed by atoms with Gasteiger partial charge in [-0.3, -0.25) is 0 Å². The second kappa shape index (κ2) is 4.56. The van der Waals surface area contributed by atoms with Crippen LogP contribution in [0.3, 0.4) is 0 Å². The Balaban J connectivity index is 1.60. The average Bonchev–Trinajstić information content (AvgIpc) is 2.96. The molecule has 1 atom stereocenters. The maximum Gasteiger partial charge on any atom is 0.0845 e. The topological polar surface area (TPSA) is 12.5 Å². The van der Waals surface area contributed by atoms with Crippen LogP contribution in [0.25, 0.3) is 0 Å². The normalized spacial score (nSPS) is 24.9. The molecule has 1 saturated heterocycles. The highest BCUT2D eigenvalue weighted by molar-refractivity contribution is 5.31. The summed E-state index contributed by atoms with van der Waals surface area (Å²) in [7, 11) is 0. The molecule has 2 nitrogen and oxygen atoms in total. The number of benzene rings is 1. The van der Waals surface area contributed by atoms with Gasteiger partial charge in [0.1, 0.15) is 0 Å². The van der Waals surface area contributed by atoms with Crippen LogP contribution in [0.15, 0.2) is 24.3 Å². The summed E-state index contributed by atoms with van der Waals surface area (Å²) < 4.78 is 5.86. The van der Waals surface area contributed by atoms with Crippen LogP contribution in [-0.2, 0) is 11.3 Å². The van der Waals surface area contributed by atoms with Gasteiger partial charge in [0.05, 0.1) is 12.7 Å². The maximum atomic E-state index is 5.86. The molecule has 1 aromatic carbocycles. The van der Waals surface area contributed by atoms with E-state index in [1.807, 2.05) is 0 Å². The molecule has 2 aliphatic rings. The Morgan fingerprint density at radius 2 is 2.00 bits per heavy atom. The highest BCUT2D eigenvalue weighted by atomic mass is 16.5. The lowest BCUT2D eigenvalue weighted by atomic mass is 10.0. The zero-order chi connectivity index (χ0) is 10.8. The van der Waals surface area contributed by atoms with Gasteiger partial charge in [-0.15, -0.1) is 0 Å². The number of rotatable bonds is 3. The lowest BCUT2D eigenvalue weighted by Gasteiger charge is -2.17. The fourth-order valence-electron chi connectivity index (χ4n) is 2.80. The van der Waals surface area contributed by atoms with Crippen LogP contribution < -0.4 is 0 Å². The van der Waals surface area contributed by atoms with E-state index in [4.69, 9.17) is 4.74 Å². The Bertz CT molecular complexity index is 358. The summed E-state index contributed by atoms with van der Waals surface area (Å²) in [4.78, 5) is 2.56. The van der Waals surface area contributed by atoms with E-state index in [1.54, 1.807) is 0 Å². The summed E-state index contributed by atoms with van der Waals surface area (Å²) in [5.74, 6) is 0. The minimum absolute atomic E-state index is 0.344. The highest BCUT2D eigenvalue weighted by Crippen LogP contribution is 2.32. The van der Waals surface area contributed by atoms with Crippen LogP contribution >= 0.6 is 0 Å². The number of hydrogen-bond donors (Lipinski definition) is 0. The van der Waals surface area contributed by atoms with E-state index in [1.165, 1.54) is 43.6 Å². The summed E-state index contributed by atoms with van der Waals surface area (Å²) in [5, 5.41) is 0. The van der Waals surface area contributed by atoms with Crippen LogP contribution in [0.1, 0.15) is 36.5 Å². The molecule has 1 fully saturated rings. The molecule has 0 spiro atoms. The molecule has 0 N–H and O–H groups in total. The third-order valence-corrected chi connectivity index (χ3v) is 3.75. The maximum absolute atomic E-state index is 5.86. The number of ether oxygens (including phenoxy) is 1. The van der Waals surface area contributed by atoms with E-state index in [9.17, 15) is 0 Å². The molecule has 2 heteroatoms. The SMILES string of the molecule is c1ccc2c(c1)COC2CCN1CCCC1. The Kier molecular flexibility index (Phi) is 2.94. The van der Waals surface area contributed by atoms with E-state index in [-0.39, 0.29) is 0 Å². The van der Waals surface area contributed by atoms with E-state index in [0.29, 0.717) is 6.10 Å². The van der Waals surface area contributed by atoms with E-state index < -0.39 is 0 Å². The number of fused-ring (bicyclic) bond motifs is 1. The molecule has 0 bridgehead atoms. The van der Waals surface area contributed by atoms with Crippen LogP contribution in [0.5, 0.6) is 0 Å². The summed E-state index contributed by atoms with van der Waals surface area (Å²) in [6.07, 6.45) is 4.25. The molecular formula is C14H19NO. The third-order valence-electron chi connectivity index (χ3n) is 3.75. The van der Waals surface area contributed by atoms with Crippen molar-refractivity contribution < 1.29 is 4.74 Å². The minimum atomic E-state index is 0.344. The molecule has 3 rings (SSSR count). The van der Waals surface area contributed by atoms with Gasteiger partial charge in [0.2, 0.25) is 0 Å². The first-order valence-corrected chi connectivity index (χ1v) is 6.35. The quantitative estimate of drug-likeness (QED) is 0.772. The molecule has 86 valence electrons. The van der Waals surface area contributed by atoms with Crippen LogP contribution in [0.4, 0.5) is 0 Å². The van der Waals surface area contributed by atoms with Crippen molar-refractivity contribution in [1.82, 2.24) is 4.90 Å². The van der Waals surface area contributed by atoms with Gasteiger partial charge in [0.15, 0.2) is 0 Å². The first-order valence-electron chi connectivity index (χ1n) is 6.35. The Labute approximate surface area is 97.2 Å². The van der Waals surface area contributed by atoms with Gasteiger partial charge in [-0.05, 0) is 43.5 Å². The molecule has 2 heterocycles. The molecule has 1 unspecified atom stereocenters. The number of nitrogens with zero attached hydrogens (tertiary/aromatic N) is 1. The van der Waals surface area contributed by atoms with E-state index in [0.717, 1.165) is 13.0 Å². The summed E-state index contributed by atoms with van der Waals surface area (Å²) in [6, 6.07) is 8.63. The van der Waals surface area contributed by atoms with Crippen molar-refractivity contribution in [1.29, 1.82) is 0 Å². The summed E-state index contributed by atoms with van der Waals surface area (Å²) >= 11 is 0. The lowest BCUT2D eigenvalue weighted by molar-refractivity contribution is 0.0534. The molecule has 0 saturated carbocycles. The third kappa shape index (κ3) is 2.00. The molecular weight excluding hydrogens is 198 g/mol. The van der Waals surface area contributed by atoms with Gasteiger partial charge in [-0.25, -0.2) is 0 Å². The number of hydrogen-bond acceptors (Lipinski definition) is 2. The van der Waals surface area contributed by atoms with Gasteiger partial charge in [-0.2, -0.15) is 0 Å². The van der Waals surface area contributed by atoms with Crippen LogP contribution in [0.2, 0.25) is 0 Å². The van der Waals surface area contributed by atoms with Gasteiger partial charge in [0.25, 0.3) is 0 Å². The molecule has 0 radical (unpaired) electrons. The molecule has 0 aromatic heterocycles. The number of likely N-dealkylation sites (tertiary alicyclic amines) is 1. The van der Waals surface area contributed by atoms with Gasteiger partial charge in [-0.1, -0.05) is 24.3 Å². The second-order valence-electron chi connectivity index (χ2n) is 4.84. The van der Waals surface area contributed by atoms with Crippen molar-refractivity contribution in [2.24, 2.45) is 0 Å². The predicted molar refractivity (Wildman–Crippen MR) is 64.3 cm³/mol. The zero-order valence-corrected chi connectivity index (χ0v) is 9.69. The standard InChI is InChI=1S/C14H19NO/c1-2-6-13-12(5-1)11-16-14(13)7-10-15-8-3-4-9-15/h1-2,5-6,14H,3-4,7-11H2. The molecule has 0 amide bonds. The predicted octanol–water partition coefficient (Wildman–Crippen LogP) is 2.74. The fraction of sp³-hybridized carbons (Fsp3) is 0.571. The monoisotopic (exact) mass is 217 g/mol. The smallest absolute Gasteiger partial charge is 0.0845 e. The second-order valence-corrected chi connectivity index (χ2v) is 4.84. The van der Waals surface area contributed by atoms with Crippen molar-refractivity contribution in [2.45, 2.75) is 32.0 Å². The average molecular weight is 217 g/mol. The molecule has 0 aliphatic carbocycles. The van der Waals surface area contributed by atoms with Crippen molar-refractivity contribution in [3.63, 3.8) is 0 Å². The summed E-state index contributed by atoms with van der Waals surface area (Å²) in [5.41, 5.74) is 2.80. The fourth-order valence-corrected chi connectivity index (χ4v) is 2.80. The van der Waals surface area contributed by atoms with Crippen LogP contribution in [0, 0.1) is 0 Å². The van der Waals surface area contributed by atoms with E-state index >= 15 is 0 Å². The first-order chi connectivity index (χ1) is 7.93. The van der Waals surface area contributed by atoms with Gasteiger partial charge < -0.3 is 9.64 Å². The Morgan fingerprint density at radius 1 is 1.19 bits per heavy atom.